The van der Waals surface area contributed by atoms with Crippen molar-refractivity contribution in [2.45, 2.75) is 0 Å². The van der Waals surface area contributed by atoms with Crippen molar-refractivity contribution < 1.29 is 8.83 Å². The fraction of sp³-hybridized carbons (Fsp3) is 0. The zero-order chi connectivity index (χ0) is 36.3. The Balaban J connectivity index is 1.09. The summed E-state index contributed by atoms with van der Waals surface area (Å²) in [6, 6.07) is 62.2. The minimum Gasteiger partial charge on any atom is -0.456 e. The molecule has 0 atom stereocenters. The highest BCUT2D eigenvalue weighted by molar-refractivity contribution is 6.13. The predicted molar refractivity (Wildman–Crippen MR) is 223 cm³/mol. The molecule has 8 aromatic carbocycles. The standard InChI is InChI=1S/C49H30N4O2/c1-3-14-32(15-4-1)47-50-48(33-25-27-38-37-20-9-10-23-42(37)54-44(38)29-33)52-49(51-47)40-21-12-24-43-46(40)39-28-26-35(30-45(39)55-43)53(34-17-5-2-6-18-34)41-22-11-16-31-13-7-8-19-36(31)41/h1-30H. The quantitative estimate of drug-likeness (QED) is 0.171. The SMILES string of the molecule is c1ccc(-c2nc(-c3ccc4c(c3)oc3ccccc34)nc(-c3cccc4oc5cc(N(c6ccccc6)c6cccc7ccccc67)ccc5c34)n2)cc1. The van der Waals surface area contributed by atoms with Gasteiger partial charge in [0.2, 0.25) is 0 Å². The van der Waals surface area contributed by atoms with Crippen LogP contribution in [0.5, 0.6) is 0 Å². The smallest absolute Gasteiger partial charge is 0.164 e. The maximum Gasteiger partial charge on any atom is 0.164 e. The molecule has 0 bridgehead atoms. The van der Waals surface area contributed by atoms with Crippen molar-refractivity contribution >= 4 is 71.7 Å². The molecule has 0 N–H and O–H groups in total. The van der Waals surface area contributed by atoms with Crippen LogP contribution >= 0.6 is 0 Å². The Kier molecular flexibility index (Phi) is 7.07. The Morgan fingerprint density at radius 2 is 0.982 bits per heavy atom. The lowest BCUT2D eigenvalue weighted by Gasteiger charge is -2.26. The van der Waals surface area contributed by atoms with Crippen LogP contribution < -0.4 is 4.90 Å². The number of furan rings is 2. The van der Waals surface area contributed by atoms with Crippen molar-refractivity contribution in [2.24, 2.45) is 0 Å². The zero-order valence-corrected chi connectivity index (χ0v) is 29.4. The monoisotopic (exact) mass is 706 g/mol. The van der Waals surface area contributed by atoms with Crippen LogP contribution in [-0.4, -0.2) is 15.0 Å². The fourth-order valence-corrected chi connectivity index (χ4v) is 7.75. The maximum absolute atomic E-state index is 6.66. The first-order valence-electron chi connectivity index (χ1n) is 18.3. The highest BCUT2D eigenvalue weighted by atomic mass is 16.3. The van der Waals surface area contributed by atoms with E-state index >= 15 is 0 Å². The number of hydrogen-bond acceptors (Lipinski definition) is 6. The minimum absolute atomic E-state index is 0.562. The molecule has 6 heteroatoms. The van der Waals surface area contributed by atoms with Gasteiger partial charge >= 0.3 is 0 Å². The molecule has 0 aliphatic carbocycles. The topological polar surface area (TPSA) is 68.2 Å². The van der Waals surface area contributed by atoms with Crippen LogP contribution in [-0.2, 0) is 0 Å². The van der Waals surface area contributed by atoms with E-state index in [2.05, 4.69) is 114 Å². The van der Waals surface area contributed by atoms with Crippen LogP contribution in [0.15, 0.2) is 191 Å². The van der Waals surface area contributed by atoms with E-state index in [1.54, 1.807) is 0 Å². The largest absolute Gasteiger partial charge is 0.456 e. The van der Waals surface area contributed by atoms with E-state index in [1.165, 1.54) is 10.8 Å². The van der Waals surface area contributed by atoms with Gasteiger partial charge < -0.3 is 13.7 Å². The average Bonchev–Trinajstić information content (AvgIpc) is 3.82. The molecule has 0 fully saturated rings. The molecule has 0 aliphatic heterocycles. The summed E-state index contributed by atoms with van der Waals surface area (Å²) in [5.41, 5.74) is 8.91. The highest BCUT2D eigenvalue weighted by Gasteiger charge is 2.21. The molecular formula is C49H30N4O2. The lowest BCUT2D eigenvalue weighted by atomic mass is 10.0. The van der Waals surface area contributed by atoms with Crippen LogP contribution in [0.25, 0.3) is 88.8 Å². The summed E-state index contributed by atoms with van der Waals surface area (Å²) >= 11 is 0. The molecule has 0 radical (unpaired) electrons. The number of para-hydroxylation sites is 2. The summed E-state index contributed by atoms with van der Waals surface area (Å²) in [6.07, 6.45) is 0. The second-order valence-corrected chi connectivity index (χ2v) is 13.6. The molecule has 0 saturated heterocycles. The molecule has 0 amide bonds. The molecule has 0 spiro atoms. The average molecular weight is 707 g/mol. The molecule has 0 unspecified atom stereocenters. The Morgan fingerprint density at radius 3 is 1.85 bits per heavy atom. The summed E-state index contributed by atoms with van der Waals surface area (Å²) in [5.74, 6) is 1.71. The first-order chi connectivity index (χ1) is 27.2. The van der Waals surface area contributed by atoms with Gasteiger partial charge in [0.1, 0.15) is 22.3 Å². The summed E-state index contributed by atoms with van der Waals surface area (Å²) in [7, 11) is 0. The van der Waals surface area contributed by atoms with Crippen molar-refractivity contribution in [1.29, 1.82) is 0 Å². The van der Waals surface area contributed by atoms with Crippen molar-refractivity contribution in [1.82, 2.24) is 15.0 Å². The number of rotatable bonds is 6. The van der Waals surface area contributed by atoms with E-state index in [9.17, 15) is 0 Å². The molecule has 55 heavy (non-hydrogen) atoms. The van der Waals surface area contributed by atoms with E-state index in [-0.39, 0.29) is 0 Å². The number of hydrogen-bond donors (Lipinski definition) is 0. The van der Waals surface area contributed by atoms with Crippen LogP contribution in [0.3, 0.4) is 0 Å². The molecule has 11 rings (SSSR count). The van der Waals surface area contributed by atoms with Crippen molar-refractivity contribution in [3.63, 3.8) is 0 Å². The molecule has 0 saturated carbocycles. The number of fused-ring (bicyclic) bond motifs is 7. The highest BCUT2D eigenvalue weighted by Crippen LogP contribution is 2.43. The summed E-state index contributed by atoms with van der Waals surface area (Å²) in [4.78, 5) is 17.5. The van der Waals surface area contributed by atoms with E-state index in [1.807, 2.05) is 72.8 Å². The molecule has 3 heterocycles. The van der Waals surface area contributed by atoms with Gasteiger partial charge in [0, 0.05) is 61.1 Å². The third-order valence-corrected chi connectivity index (χ3v) is 10.3. The first-order valence-corrected chi connectivity index (χ1v) is 18.3. The molecular weight excluding hydrogens is 677 g/mol. The van der Waals surface area contributed by atoms with E-state index in [0.29, 0.717) is 17.5 Å². The molecule has 258 valence electrons. The number of nitrogens with zero attached hydrogens (tertiary/aromatic N) is 4. The zero-order valence-electron chi connectivity index (χ0n) is 29.4. The fourth-order valence-electron chi connectivity index (χ4n) is 7.75. The van der Waals surface area contributed by atoms with Gasteiger partial charge in [0.05, 0.1) is 5.69 Å². The van der Waals surface area contributed by atoms with Crippen LogP contribution in [0, 0.1) is 0 Å². The van der Waals surface area contributed by atoms with Gasteiger partial charge in [-0.1, -0.05) is 121 Å². The predicted octanol–water partition coefficient (Wildman–Crippen LogP) is 13.3. The van der Waals surface area contributed by atoms with Crippen molar-refractivity contribution in [3.8, 4) is 34.2 Å². The number of benzene rings is 8. The van der Waals surface area contributed by atoms with Crippen LogP contribution in [0.1, 0.15) is 0 Å². The molecule has 11 aromatic rings. The Labute approximate surface area is 315 Å². The van der Waals surface area contributed by atoms with Gasteiger partial charge in [0.25, 0.3) is 0 Å². The van der Waals surface area contributed by atoms with E-state index in [0.717, 1.165) is 77.6 Å². The summed E-state index contributed by atoms with van der Waals surface area (Å²) < 4.78 is 12.9. The van der Waals surface area contributed by atoms with Gasteiger partial charge in [-0.25, -0.2) is 15.0 Å². The van der Waals surface area contributed by atoms with E-state index in [4.69, 9.17) is 23.8 Å². The third-order valence-electron chi connectivity index (χ3n) is 10.3. The summed E-state index contributed by atoms with van der Waals surface area (Å²) in [5, 5.41) is 6.41. The molecule has 0 aliphatic rings. The third kappa shape index (κ3) is 5.23. The Hall–Kier alpha value is -7.57. The molecule has 6 nitrogen and oxygen atoms in total. The maximum atomic E-state index is 6.66. The van der Waals surface area contributed by atoms with Crippen molar-refractivity contribution in [2.75, 3.05) is 4.90 Å². The van der Waals surface area contributed by atoms with Gasteiger partial charge in [-0.2, -0.15) is 0 Å². The van der Waals surface area contributed by atoms with Gasteiger partial charge in [-0.3, -0.25) is 0 Å². The lowest BCUT2D eigenvalue weighted by Crippen LogP contribution is -2.10. The number of anilines is 3. The number of aromatic nitrogens is 3. The van der Waals surface area contributed by atoms with Crippen molar-refractivity contribution in [3.05, 3.63) is 182 Å². The van der Waals surface area contributed by atoms with Gasteiger partial charge in [0.15, 0.2) is 17.5 Å². The van der Waals surface area contributed by atoms with Gasteiger partial charge in [-0.15, -0.1) is 0 Å². The van der Waals surface area contributed by atoms with E-state index < -0.39 is 0 Å². The second kappa shape index (κ2) is 12.5. The minimum atomic E-state index is 0.562. The van der Waals surface area contributed by atoms with Crippen LogP contribution in [0.2, 0.25) is 0 Å². The first kappa shape index (κ1) is 31.0. The summed E-state index contributed by atoms with van der Waals surface area (Å²) in [6.45, 7) is 0. The normalized spacial score (nSPS) is 11.6. The molecule has 3 aromatic heterocycles. The second-order valence-electron chi connectivity index (χ2n) is 13.6. The Bertz CT molecular complexity index is 3220. The lowest BCUT2D eigenvalue weighted by molar-refractivity contribution is 0.668. The Morgan fingerprint density at radius 1 is 0.364 bits per heavy atom. The van der Waals surface area contributed by atoms with Gasteiger partial charge in [-0.05, 0) is 60.0 Å². The van der Waals surface area contributed by atoms with Crippen LogP contribution in [0.4, 0.5) is 17.1 Å².